The van der Waals surface area contributed by atoms with Gasteiger partial charge in [0.05, 0.1) is 38.6 Å². The van der Waals surface area contributed by atoms with Crippen LogP contribution in [0.15, 0.2) is 0 Å². The van der Waals surface area contributed by atoms with E-state index in [9.17, 15) is 55.5 Å². The molecule has 0 saturated carbocycles. The minimum absolute atomic E-state index is 0.137. The lowest BCUT2D eigenvalue weighted by Gasteiger charge is -2.50. The standard InChI is InChI=1S/C33H58N2O20/c1-11(2)26-18(34-12(3)39)22(43)27(15(8-37)49-26)53-33-25(46)30(20(41)14(7-36)50-33)55-31-19(35-13(4)40)23(44)28(16(9-38)51-31)54-32-24(45)29(48-6)21(42)17(52-32)10-47-5/h11,14-33,36-38,41-46H,7-10H2,1-6H3,(H,34,39)(H,35,40)/t14?,15?,16?,17?,18?,19?,20-,21-,22+,23+,24?,25?,26-,27+,28+,29-,30-,31-,32-,33-/m0/s1. The number of amides is 2. The molecule has 4 aliphatic heterocycles. The van der Waals surface area contributed by atoms with Crippen molar-refractivity contribution in [2.24, 2.45) is 5.92 Å². The van der Waals surface area contributed by atoms with Crippen LogP contribution in [-0.4, -0.2) is 221 Å². The fourth-order valence-corrected chi connectivity index (χ4v) is 7.40. The zero-order valence-electron chi connectivity index (χ0n) is 31.5. The van der Waals surface area contributed by atoms with E-state index in [4.69, 9.17) is 42.6 Å². The van der Waals surface area contributed by atoms with Gasteiger partial charge in [0.15, 0.2) is 18.9 Å². The van der Waals surface area contributed by atoms with Crippen molar-refractivity contribution in [3.05, 3.63) is 0 Å². The normalized spacial score (nSPS) is 45.3. The molecule has 4 aliphatic rings. The molecule has 0 radical (unpaired) electrons. The smallest absolute Gasteiger partial charge is 0.217 e. The molecular formula is C33H58N2O20. The topological polar surface area (TPSA) is 323 Å². The van der Waals surface area contributed by atoms with E-state index in [-0.39, 0.29) is 12.5 Å². The lowest BCUT2D eigenvalue weighted by atomic mass is 9.87. The van der Waals surface area contributed by atoms with Gasteiger partial charge in [-0.15, -0.1) is 0 Å². The first-order valence-corrected chi connectivity index (χ1v) is 18.1. The summed E-state index contributed by atoms with van der Waals surface area (Å²) in [7, 11) is 2.59. The minimum Gasteiger partial charge on any atom is -0.394 e. The Labute approximate surface area is 317 Å². The number of rotatable bonds is 15. The molecule has 320 valence electrons. The van der Waals surface area contributed by atoms with Gasteiger partial charge in [-0.05, 0) is 5.92 Å². The van der Waals surface area contributed by atoms with Gasteiger partial charge in [0, 0.05) is 28.1 Å². The van der Waals surface area contributed by atoms with Gasteiger partial charge in [-0.1, -0.05) is 13.8 Å². The molecule has 0 bridgehead atoms. The minimum atomic E-state index is -1.95. The maximum atomic E-state index is 12.4. The predicted octanol–water partition coefficient (Wildman–Crippen LogP) is -6.45. The predicted molar refractivity (Wildman–Crippen MR) is 179 cm³/mol. The molecule has 0 aromatic heterocycles. The highest BCUT2D eigenvalue weighted by atomic mass is 16.8. The van der Waals surface area contributed by atoms with Gasteiger partial charge in [0.1, 0.15) is 91.5 Å². The number of nitrogens with one attached hydrogen (secondary N) is 2. The molecule has 4 heterocycles. The number of aliphatic hydroxyl groups is 9. The van der Waals surface area contributed by atoms with Crippen molar-refractivity contribution in [1.29, 1.82) is 0 Å². The van der Waals surface area contributed by atoms with Crippen LogP contribution in [0.1, 0.15) is 27.7 Å². The van der Waals surface area contributed by atoms with Crippen molar-refractivity contribution in [3.63, 3.8) is 0 Å². The number of aliphatic hydroxyl groups excluding tert-OH is 9. The van der Waals surface area contributed by atoms with Crippen LogP contribution >= 0.6 is 0 Å². The zero-order chi connectivity index (χ0) is 40.9. The molecule has 0 aliphatic carbocycles. The van der Waals surface area contributed by atoms with Gasteiger partial charge in [-0.3, -0.25) is 9.59 Å². The summed E-state index contributed by atoms with van der Waals surface area (Å²) in [5.74, 6) is -1.42. The molecule has 4 rings (SSSR count). The number of hydrogen-bond donors (Lipinski definition) is 11. The maximum Gasteiger partial charge on any atom is 0.217 e. The van der Waals surface area contributed by atoms with Crippen molar-refractivity contribution in [1.82, 2.24) is 10.6 Å². The molecule has 11 N–H and O–H groups in total. The monoisotopic (exact) mass is 802 g/mol. The number of ether oxygens (including phenoxy) is 9. The largest absolute Gasteiger partial charge is 0.394 e. The highest BCUT2D eigenvalue weighted by Gasteiger charge is 2.56. The van der Waals surface area contributed by atoms with Crippen molar-refractivity contribution in [3.8, 4) is 0 Å². The van der Waals surface area contributed by atoms with Crippen molar-refractivity contribution in [2.45, 2.75) is 150 Å². The van der Waals surface area contributed by atoms with E-state index >= 15 is 0 Å². The SMILES string of the molecule is COCC1O[C@@H](O[C@@H]2C(CO)O[C@@H](O[C@@H]3C(O)[C@H](O[C@@H]4C(CO)O[C@@H](C(C)C)C(NC(C)=O)[C@H]4O)OC(CO)[C@@H]3O)C(NC(C)=O)[C@H]2O)C(O)[C@@H](OC)[C@H]1O. The summed E-state index contributed by atoms with van der Waals surface area (Å²) in [4.78, 5) is 24.4. The van der Waals surface area contributed by atoms with Crippen LogP contribution in [-0.2, 0) is 52.2 Å². The third kappa shape index (κ3) is 10.3. The number of methoxy groups -OCH3 is 2. The zero-order valence-corrected chi connectivity index (χ0v) is 31.5. The molecule has 2 amide bonds. The Hall–Kier alpha value is -1.78. The Morgan fingerprint density at radius 3 is 1.49 bits per heavy atom. The van der Waals surface area contributed by atoms with E-state index in [1.807, 2.05) is 0 Å². The molecule has 0 aromatic rings. The first-order chi connectivity index (χ1) is 26.0. The van der Waals surface area contributed by atoms with Gasteiger partial charge in [-0.25, -0.2) is 0 Å². The first kappa shape index (κ1) is 45.9. The summed E-state index contributed by atoms with van der Waals surface area (Å²) >= 11 is 0. The second kappa shape index (κ2) is 20.3. The van der Waals surface area contributed by atoms with E-state index in [1.54, 1.807) is 13.8 Å². The summed E-state index contributed by atoms with van der Waals surface area (Å²) in [5, 5.41) is 103. The van der Waals surface area contributed by atoms with Crippen LogP contribution in [0.5, 0.6) is 0 Å². The Bertz CT molecular complexity index is 1220. The van der Waals surface area contributed by atoms with E-state index < -0.39 is 154 Å². The number of carbonyl (C=O) groups excluding carboxylic acids is 2. The van der Waals surface area contributed by atoms with E-state index in [2.05, 4.69) is 10.6 Å². The Balaban J connectivity index is 1.58. The molecule has 4 saturated heterocycles. The third-order valence-corrected chi connectivity index (χ3v) is 10.1. The molecule has 22 nitrogen and oxygen atoms in total. The Morgan fingerprint density at radius 1 is 0.564 bits per heavy atom. The fourth-order valence-electron chi connectivity index (χ4n) is 7.40. The average Bonchev–Trinajstić information content (AvgIpc) is 3.13. The van der Waals surface area contributed by atoms with Crippen molar-refractivity contribution >= 4 is 11.8 Å². The first-order valence-electron chi connectivity index (χ1n) is 18.1. The lowest BCUT2D eigenvalue weighted by Crippen LogP contribution is -2.70. The second-order valence-corrected chi connectivity index (χ2v) is 14.4. The molecule has 22 heteroatoms. The quantitative estimate of drug-likeness (QED) is 0.0733. The molecule has 20 atom stereocenters. The highest BCUT2D eigenvalue weighted by Crippen LogP contribution is 2.35. The van der Waals surface area contributed by atoms with Crippen molar-refractivity contribution < 1.29 is 98.2 Å². The van der Waals surface area contributed by atoms with Crippen LogP contribution in [0.2, 0.25) is 0 Å². The maximum absolute atomic E-state index is 12.4. The molecule has 0 spiro atoms. The van der Waals surface area contributed by atoms with Gasteiger partial charge >= 0.3 is 0 Å². The van der Waals surface area contributed by atoms with E-state index in [0.29, 0.717) is 0 Å². The molecular weight excluding hydrogens is 744 g/mol. The van der Waals surface area contributed by atoms with Crippen LogP contribution in [0.3, 0.4) is 0 Å². The summed E-state index contributed by atoms with van der Waals surface area (Å²) in [6, 6.07) is -2.56. The van der Waals surface area contributed by atoms with Crippen LogP contribution in [0.25, 0.3) is 0 Å². The lowest BCUT2D eigenvalue weighted by molar-refractivity contribution is -0.375. The van der Waals surface area contributed by atoms with Gasteiger partial charge in [0.25, 0.3) is 0 Å². The molecule has 0 aromatic carbocycles. The summed E-state index contributed by atoms with van der Waals surface area (Å²) < 4.78 is 51.5. The molecule has 8 unspecified atom stereocenters. The Morgan fingerprint density at radius 2 is 1.00 bits per heavy atom. The van der Waals surface area contributed by atoms with E-state index in [0.717, 1.165) is 6.92 Å². The van der Waals surface area contributed by atoms with Crippen LogP contribution in [0.4, 0.5) is 0 Å². The second-order valence-electron chi connectivity index (χ2n) is 14.4. The summed E-state index contributed by atoms with van der Waals surface area (Å²) in [6.07, 6.45) is -27.1. The average molecular weight is 803 g/mol. The summed E-state index contributed by atoms with van der Waals surface area (Å²) in [5.41, 5.74) is 0. The van der Waals surface area contributed by atoms with E-state index in [1.165, 1.54) is 21.1 Å². The third-order valence-electron chi connectivity index (χ3n) is 10.1. The Kier molecular flexibility index (Phi) is 16.9. The van der Waals surface area contributed by atoms with Gasteiger partial charge in [-0.2, -0.15) is 0 Å². The summed E-state index contributed by atoms with van der Waals surface area (Å²) in [6.45, 7) is 3.45. The van der Waals surface area contributed by atoms with Crippen LogP contribution < -0.4 is 10.6 Å². The molecule has 55 heavy (non-hydrogen) atoms. The number of hydrogen-bond acceptors (Lipinski definition) is 20. The fraction of sp³-hybridized carbons (Fsp3) is 0.939. The highest BCUT2D eigenvalue weighted by molar-refractivity contribution is 5.73. The van der Waals surface area contributed by atoms with Crippen LogP contribution in [0, 0.1) is 5.92 Å². The van der Waals surface area contributed by atoms with Gasteiger partial charge < -0.3 is 99.2 Å². The van der Waals surface area contributed by atoms with Gasteiger partial charge in [0.2, 0.25) is 11.8 Å². The number of carbonyl (C=O) groups is 2. The molecule has 4 fully saturated rings. The van der Waals surface area contributed by atoms with Crippen molar-refractivity contribution in [2.75, 3.05) is 40.6 Å².